The first-order chi connectivity index (χ1) is 8.65. The average Bonchev–Trinajstić information content (AvgIpc) is 2.42. The van der Waals surface area contributed by atoms with Crippen LogP contribution >= 0.6 is 0 Å². The van der Waals surface area contributed by atoms with E-state index in [1.54, 1.807) is 7.11 Å². The van der Waals surface area contributed by atoms with E-state index >= 15 is 0 Å². The summed E-state index contributed by atoms with van der Waals surface area (Å²) < 4.78 is 10.3. The van der Waals surface area contributed by atoms with Crippen molar-refractivity contribution in [2.24, 2.45) is 0 Å². The second-order valence-electron chi connectivity index (χ2n) is 4.20. The number of hydrogen-bond donors (Lipinski definition) is 1. The monoisotopic (exact) mass is 251 g/mol. The smallest absolute Gasteiger partial charge is 0.320 e. The van der Waals surface area contributed by atoms with Gasteiger partial charge in [-0.3, -0.25) is 4.79 Å². The Balaban J connectivity index is 2.33. The molecule has 0 radical (unpaired) electrons. The Kier molecular flexibility index (Phi) is 6.22. The number of methoxy groups -OCH3 is 1. The van der Waals surface area contributed by atoms with Crippen molar-refractivity contribution in [3.8, 4) is 5.75 Å². The van der Waals surface area contributed by atoms with Gasteiger partial charge in [-0.25, -0.2) is 0 Å². The number of carbonyl (C=O) groups excluding carboxylic acids is 1. The van der Waals surface area contributed by atoms with E-state index in [2.05, 4.69) is 12.2 Å². The predicted molar refractivity (Wildman–Crippen MR) is 70.5 cm³/mol. The van der Waals surface area contributed by atoms with E-state index in [0.717, 1.165) is 17.7 Å². The van der Waals surface area contributed by atoms with E-state index in [4.69, 9.17) is 9.47 Å². The van der Waals surface area contributed by atoms with Gasteiger partial charge in [-0.15, -0.1) is 0 Å². The predicted octanol–water partition coefficient (Wildman–Crippen LogP) is 2.13. The SMILES string of the molecule is CCC(C)NCC(=O)OCc1cccc(OC)c1. The number of ether oxygens (including phenoxy) is 2. The molecule has 0 saturated heterocycles. The summed E-state index contributed by atoms with van der Waals surface area (Å²) in [6.07, 6.45) is 0.989. The minimum absolute atomic E-state index is 0.238. The molecule has 0 amide bonds. The lowest BCUT2D eigenvalue weighted by atomic mass is 10.2. The summed E-state index contributed by atoms with van der Waals surface area (Å²) in [6.45, 7) is 4.63. The molecule has 1 N–H and O–H groups in total. The van der Waals surface area contributed by atoms with E-state index < -0.39 is 0 Å². The van der Waals surface area contributed by atoms with Crippen LogP contribution in [0.15, 0.2) is 24.3 Å². The molecule has 1 aromatic carbocycles. The van der Waals surface area contributed by atoms with E-state index in [0.29, 0.717) is 6.04 Å². The number of hydrogen-bond acceptors (Lipinski definition) is 4. The maximum atomic E-state index is 11.5. The van der Waals surface area contributed by atoms with Crippen molar-refractivity contribution in [3.05, 3.63) is 29.8 Å². The quantitative estimate of drug-likeness (QED) is 0.754. The molecule has 0 saturated carbocycles. The van der Waals surface area contributed by atoms with Gasteiger partial charge in [-0.1, -0.05) is 19.1 Å². The van der Waals surface area contributed by atoms with Crippen molar-refractivity contribution in [2.75, 3.05) is 13.7 Å². The lowest BCUT2D eigenvalue weighted by Crippen LogP contribution is -2.31. The second kappa shape index (κ2) is 7.71. The van der Waals surface area contributed by atoms with Crippen molar-refractivity contribution < 1.29 is 14.3 Å². The Morgan fingerprint density at radius 3 is 2.89 bits per heavy atom. The van der Waals surface area contributed by atoms with Crippen LogP contribution < -0.4 is 10.1 Å². The molecule has 0 aliphatic rings. The highest BCUT2D eigenvalue weighted by Gasteiger charge is 2.05. The van der Waals surface area contributed by atoms with Gasteiger partial charge < -0.3 is 14.8 Å². The third-order valence-corrected chi connectivity index (χ3v) is 2.74. The molecule has 0 bridgehead atoms. The maximum absolute atomic E-state index is 11.5. The van der Waals surface area contributed by atoms with Crippen LogP contribution in [0.1, 0.15) is 25.8 Å². The highest BCUT2D eigenvalue weighted by Crippen LogP contribution is 2.13. The van der Waals surface area contributed by atoms with Gasteiger partial charge in [0.15, 0.2) is 0 Å². The van der Waals surface area contributed by atoms with Crippen LogP contribution in [0.5, 0.6) is 5.75 Å². The van der Waals surface area contributed by atoms with E-state index in [1.807, 2.05) is 31.2 Å². The fourth-order valence-corrected chi connectivity index (χ4v) is 1.38. The lowest BCUT2D eigenvalue weighted by Gasteiger charge is -2.11. The number of nitrogens with one attached hydrogen (secondary N) is 1. The van der Waals surface area contributed by atoms with Crippen molar-refractivity contribution in [1.29, 1.82) is 0 Å². The Morgan fingerprint density at radius 1 is 1.44 bits per heavy atom. The van der Waals surface area contributed by atoms with Gasteiger partial charge in [0.25, 0.3) is 0 Å². The molecular weight excluding hydrogens is 230 g/mol. The fraction of sp³-hybridized carbons (Fsp3) is 0.500. The summed E-state index contributed by atoms with van der Waals surface area (Å²) in [6, 6.07) is 7.82. The van der Waals surface area contributed by atoms with Crippen molar-refractivity contribution in [3.63, 3.8) is 0 Å². The van der Waals surface area contributed by atoms with Crippen LogP contribution in [0.3, 0.4) is 0 Å². The van der Waals surface area contributed by atoms with Crippen LogP contribution in [0.2, 0.25) is 0 Å². The second-order valence-corrected chi connectivity index (χ2v) is 4.20. The van der Waals surface area contributed by atoms with Crippen molar-refractivity contribution in [2.45, 2.75) is 32.9 Å². The summed E-state index contributed by atoms with van der Waals surface area (Å²) in [5, 5.41) is 3.09. The highest BCUT2D eigenvalue weighted by atomic mass is 16.5. The molecule has 0 fully saturated rings. The molecule has 100 valence electrons. The topological polar surface area (TPSA) is 47.6 Å². The molecule has 0 aromatic heterocycles. The van der Waals surface area contributed by atoms with Crippen LogP contribution in [-0.4, -0.2) is 25.7 Å². The zero-order valence-electron chi connectivity index (χ0n) is 11.2. The summed E-state index contributed by atoms with van der Waals surface area (Å²) in [5.41, 5.74) is 0.922. The van der Waals surface area contributed by atoms with Gasteiger partial charge in [0.2, 0.25) is 0 Å². The van der Waals surface area contributed by atoms with Crippen molar-refractivity contribution >= 4 is 5.97 Å². The molecule has 4 heteroatoms. The third-order valence-electron chi connectivity index (χ3n) is 2.74. The van der Waals surface area contributed by atoms with Gasteiger partial charge >= 0.3 is 5.97 Å². The Bertz CT molecular complexity index is 379. The maximum Gasteiger partial charge on any atom is 0.320 e. The standard InChI is InChI=1S/C14H21NO3/c1-4-11(2)15-9-14(16)18-10-12-6-5-7-13(8-12)17-3/h5-8,11,15H,4,9-10H2,1-3H3. The number of benzene rings is 1. The molecule has 1 aromatic rings. The Morgan fingerprint density at radius 2 is 2.22 bits per heavy atom. The van der Waals surface area contributed by atoms with E-state index in [-0.39, 0.29) is 19.1 Å². The van der Waals surface area contributed by atoms with Crippen LogP contribution in [0, 0.1) is 0 Å². The Labute approximate surface area is 108 Å². The average molecular weight is 251 g/mol. The van der Waals surface area contributed by atoms with Crippen LogP contribution in [0.25, 0.3) is 0 Å². The van der Waals surface area contributed by atoms with Gasteiger partial charge in [-0.05, 0) is 31.0 Å². The summed E-state index contributed by atoms with van der Waals surface area (Å²) >= 11 is 0. The highest BCUT2D eigenvalue weighted by molar-refractivity contribution is 5.71. The molecule has 0 heterocycles. The number of rotatable bonds is 7. The molecule has 1 rings (SSSR count). The first-order valence-corrected chi connectivity index (χ1v) is 6.17. The van der Waals surface area contributed by atoms with Crippen molar-refractivity contribution in [1.82, 2.24) is 5.32 Å². The van der Waals surface area contributed by atoms with Crippen LogP contribution in [0.4, 0.5) is 0 Å². The molecule has 1 atom stereocenters. The first-order valence-electron chi connectivity index (χ1n) is 6.17. The fourth-order valence-electron chi connectivity index (χ4n) is 1.38. The van der Waals surface area contributed by atoms with Gasteiger partial charge in [0, 0.05) is 6.04 Å². The molecule has 18 heavy (non-hydrogen) atoms. The lowest BCUT2D eigenvalue weighted by molar-refractivity contribution is -0.144. The normalized spacial score (nSPS) is 11.9. The summed E-state index contributed by atoms with van der Waals surface area (Å²) in [5.74, 6) is 0.527. The molecule has 0 aliphatic heterocycles. The number of esters is 1. The zero-order valence-corrected chi connectivity index (χ0v) is 11.2. The molecule has 4 nitrogen and oxygen atoms in total. The van der Waals surface area contributed by atoms with Gasteiger partial charge in [0.1, 0.15) is 12.4 Å². The molecule has 0 spiro atoms. The summed E-state index contributed by atoms with van der Waals surface area (Å²) in [4.78, 5) is 11.5. The number of carbonyl (C=O) groups is 1. The van der Waals surface area contributed by atoms with Gasteiger partial charge in [0.05, 0.1) is 13.7 Å². The molecule has 1 unspecified atom stereocenters. The van der Waals surface area contributed by atoms with E-state index in [9.17, 15) is 4.79 Å². The Hall–Kier alpha value is -1.55. The minimum atomic E-state index is -0.238. The largest absolute Gasteiger partial charge is 0.497 e. The molecule has 0 aliphatic carbocycles. The minimum Gasteiger partial charge on any atom is -0.497 e. The van der Waals surface area contributed by atoms with Gasteiger partial charge in [-0.2, -0.15) is 0 Å². The zero-order chi connectivity index (χ0) is 13.4. The molecular formula is C14H21NO3. The summed E-state index contributed by atoms with van der Waals surface area (Å²) in [7, 11) is 1.61. The third kappa shape index (κ3) is 5.19. The first kappa shape index (κ1) is 14.5. The van der Waals surface area contributed by atoms with Crippen LogP contribution in [-0.2, 0) is 16.1 Å². The van der Waals surface area contributed by atoms with E-state index in [1.165, 1.54) is 0 Å².